The van der Waals surface area contributed by atoms with Gasteiger partial charge in [-0.1, -0.05) is 29.8 Å². The normalized spacial score (nSPS) is 10.0. The second-order valence-corrected chi connectivity index (χ2v) is 3.35. The van der Waals surface area contributed by atoms with Gasteiger partial charge >= 0.3 is 0 Å². The Morgan fingerprint density at radius 2 is 2.13 bits per heavy atom. The van der Waals surface area contributed by atoms with Crippen molar-refractivity contribution in [3.05, 3.63) is 47.1 Å². The third-order valence-corrected chi connectivity index (χ3v) is 2.16. The molecule has 75 valence electrons. The van der Waals surface area contributed by atoms with Crippen molar-refractivity contribution < 1.29 is 4.74 Å². The van der Waals surface area contributed by atoms with Crippen molar-refractivity contribution in [2.24, 2.45) is 0 Å². The zero-order valence-electron chi connectivity index (χ0n) is 8.07. The standard InChI is InChI=1S/C11H8ClN2O/c1-8-4-2-3-5-10(8)15-11-9(12)6-7-13-14-11/h2-5,7H,1H3. The Morgan fingerprint density at radius 3 is 2.87 bits per heavy atom. The maximum absolute atomic E-state index is 5.84. The Balaban J connectivity index is 2.30. The second kappa shape index (κ2) is 4.28. The number of halogens is 1. The van der Waals surface area contributed by atoms with Gasteiger partial charge in [-0.2, -0.15) is 5.10 Å². The molecule has 1 aromatic carbocycles. The quantitative estimate of drug-likeness (QED) is 0.779. The molecule has 1 heterocycles. The molecule has 2 rings (SSSR count). The van der Waals surface area contributed by atoms with Crippen LogP contribution < -0.4 is 4.74 Å². The predicted octanol–water partition coefficient (Wildman–Crippen LogP) is 3.03. The Morgan fingerprint density at radius 1 is 1.33 bits per heavy atom. The van der Waals surface area contributed by atoms with E-state index in [2.05, 4.69) is 16.3 Å². The molecular formula is C11H8ClN2O. The van der Waals surface area contributed by atoms with Crippen molar-refractivity contribution in [1.29, 1.82) is 0 Å². The lowest BCUT2D eigenvalue weighted by molar-refractivity contribution is 0.452. The molecule has 4 heteroatoms. The Kier molecular flexibility index (Phi) is 2.83. The minimum Gasteiger partial charge on any atom is -0.436 e. The van der Waals surface area contributed by atoms with Gasteiger partial charge in [-0.05, 0) is 18.6 Å². The molecule has 1 radical (unpaired) electrons. The Hall–Kier alpha value is -1.61. The Bertz CT molecular complexity index is 430. The van der Waals surface area contributed by atoms with Crippen LogP contribution in [0.2, 0.25) is 5.02 Å². The van der Waals surface area contributed by atoms with Gasteiger partial charge in [-0.3, -0.25) is 0 Å². The zero-order valence-corrected chi connectivity index (χ0v) is 8.82. The first-order chi connectivity index (χ1) is 7.27. The lowest BCUT2D eigenvalue weighted by Gasteiger charge is -2.07. The average Bonchev–Trinajstić information content (AvgIpc) is 2.24. The summed E-state index contributed by atoms with van der Waals surface area (Å²) in [7, 11) is 0. The van der Waals surface area contributed by atoms with Crippen LogP contribution in [0, 0.1) is 13.0 Å². The number of rotatable bonds is 2. The van der Waals surface area contributed by atoms with Crippen LogP contribution in [-0.4, -0.2) is 10.2 Å². The van der Waals surface area contributed by atoms with Gasteiger partial charge in [-0.25, -0.2) is 0 Å². The van der Waals surface area contributed by atoms with Crippen LogP contribution in [0.25, 0.3) is 0 Å². The number of hydrogen-bond donors (Lipinski definition) is 0. The molecule has 0 atom stereocenters. The number of para-hydroxylation sites is 1. The summed E-state index contributed by atoms with van der Waals surface area (Å²) in [5, 5.41) is 7.76. The molecule has 0 bridgehead atoms. The second-order valence-electron chi connectivity index (χ2n) is 2.98. The molecule has 2 aromatic rings. The molecule has 0 N–H and O–H groups in total. The largest absolute Gasteiger partial charge is 0.436 e. The summed E-state index contributed by atoms with van der Waals surface area (Å²) in [6.45, 7) is 1.95. The van der Waals surface area contributed by atoms with Crippen molar-refractivity contribution in [2.45, 2.75) is 6.92 Å². The van der Waals surface area contributed by atoms with E-state index >= 15 is 0 Å². The highest BCUT2D eigenvalue weighted by Crippen LogP contribution is 2.27. The van der Waals surface area contributed by atoms with E-state index in [1.54, 1.807) is 0 Å². The fraction of sp³-hybridized carbons (Fsp3) is 0.0909. The molecule has 0 aliphatic rings. The molecule has 0 aliphatic carbocycles. The van der Waals surface area contributed by atoms with Crippen LogP contribution in [0.3, 0.4) is 0 Å². The molecule has 1 aromatic heterocycles. The van der Waals surface area contributed by atoms with Crippen molar-refractivity contribution in [3.63, 3.8) is 0 Å². The van der Waals surface area contributed by atoms with E-state index in [1.807, 2.05) is 31.2 Å². The number of hydrogen-bond acceptors (Lipinski definition) is 3. The van der Waals surface area contributed by atoms with Crippen LogP contribution in [0.1, 0.15) is 5.56 Å². The summed E-state index contributed by atoms with van der Waals surface area (Å²) in [6, 6.07) is 10.3. The lowest BCUT2D eigenvalue weighted by atomic mass is 10.2. The van der Waals surface area contributed by atoms with Crippen LogP contribution in [-0.2, 0) is 0 Å². The maximum atomic E-state index is 5.84. The summed E-state index contributed by atoms with van der Waals surface area (Å²) in [4.78, 5) is 0. The van der Waals surface area contributed by atoms with E-state index in [9.17, 15) is 0 Å². The van der Waals surface area contributed by atoms with Gasteiger partial charge in [0.2, 0.25) is 0 Å². The molecule has 3 nitrogen and oxygen atoms in total. The monoisotopic (exact) mass is 219 g/mol. The summed E-state index contributed by atoms with van der Waals surface area (Å²) >= 11 is 5.84. The van der Waals surface area contributed by atoms with E-state index in [4.69, 9.17) is 16.3 Å². The van der Waals surface area contributed by atoms with Crippen LogP contribution >= 0.6 is 11.6 Å². The third-order valence-electron chi connectivity index (χ3n) is 1.89. The predicted molar refractivity (Wildman–Crippen MR) is 57.1 cm³/mol. The molecular weight excluding hydrogens is 212 g/mol. The molecule has 0 fully saturated rings. The molecule has 0 unspecified atom stereocenters. The first kappa shape index (κ1) is 9.93. The van der Waals surface area contributed by atoms with Crippen molar-refractivity contribution in [1.82, 2.24) is 10.2 Å². The minimum absolute atomic E-state index is 0.272. The number of aryl methyl sites for hydroxylation is 1. The molecule has 0 amide bonds. The average molecular weight is 220 g/mol. The van der Waals surface area contributed by atoms with E-state index < -0.39 is 0 Å². The van der Waals surface area contributed by atoms with Crippen molar-refractivity contribution in [2.75, 3.05) is 0 Å². The van der Waals surface area contributed by atoms with Gasteiger partial charge in [0, 0.05) is 6.07 Å². The smallest absolute Gasteiger partial charge is 0.258 e. The van der Waals surface area contributed by atoms with Gasteiger partial charge in [0.1, 0.15) is 10.8 Å². The molecule has 0 aliphatic heterocycles. The third kappa shape index (κ3) is 2.25. The maximum Gasteiger partial charge on any atom is 0.258 e. The molecule has 15 heavy (non-hydrogen) atoms. The fourth-order valence-electron chi connectivity index (χ4n) is 1.11. The molecule has 0 saturated heterocycles. The van der Waals surface area contributed by atoms with E-state index in [0.717, 1.165) is 5.56 Å². The number of aromatic nitrogens is 2. The summed E-state index contributed by atoms with van der Waals surface area (Å²) in [6.07, 6.45) is 1.40. The van der Waals surface area contributed by atoms with Gasteiger partial charge in [-0.15, -0.1) is 5.10 Å². The van der Waals surface area contributed by atoms with Crippen LogP contribution in [0.5, 0.6) is 11.6 Å². The number of nitrogens with zero attached hydrogens (tertiary/aromatic N) is 2. The molecule has 0 spiro atoms. The topological polar surface area (TPSA) is 35.0 Å². The van der Waals surface area contributed by atoms with Crippen LogP contribution in [0.4, 0.5) is 0 Å². The van der Waals surface area contributed by atoms with Crippen molar-refractivity contribution >= 4 is 11.6 Å². The van der Waals surface area contributed by atoms with Crippen LogP contribution in [0.15, 0.2) is 30.5 Å². The highest BCUT2D eigenvalue weighted by Gasteiger charge is 2.05. The summed E-state index contributed by atoms with van der Waals surface area (Å²) in [5.41, 5.74) is 1.01. The first-order valence-corrected chi connectivity index (χ1v) is 4.77. The fourth-order valence-corrected chi connectivity index (χ4v) is 1.24. The van der Waals surface area contributed by atoms with Gasteiger partial charge < -0.3 is 4.74 Å². The Labute approximate surface area is 92.7 Å². The lowest BCUT2D eigenvalue weighted by Crippen LogP contribution is -1.92. The van der Waals surface area contributed by atoms with Gasteiger partial charge in [0.05, 0.1) is 6.20 Å². The van der Waals surface area contributed by atoms with Gasteiger partial charge in [0.15, 0.2) is 0 Å². The highest BCUT2D eigenvalue weighted by atomic mass is 35.5. The number of ether oxygens (including phenoxy) is 1. The highest BCUT2D eigenvalue weighted by molar-refractivity contribution is 6.31. The first-order valence-electron chi connectivity index (χ1n) is 4.40. The summed E-state index contributed by atoms with van der Waals surface area (Å²) < 4.78 is 5.50. The minimum atomic E-state index is 0.272. The molecule has 0 saturated carbocycles. The summed E-state index contributed by atoms with van der Waals surface area (Å²) in [5.74, 6) is 0.988. The van der Waals surface area contributed by atoms with E-state index in [-0.39, 0.29) is 5.88 Å². The zero-order chi connectivity index (χ0) is 10.7. The SMILES string of the molecule is Cc1ccccc1Oc1nnc[c]c1Cl. The van der Waals surface area contributed by atoms with Gasteiger partial charge in [0.25, 0.3) is 5.88 Å². The van der Waals surface area contributed by atoms with E-state index in [1.165, 1.54) is 6.20 Å². The number of benzene rings is 1. The van der Waals surface area contributed by atoms with E-state index in [0.29, 0.717) is 10.8 Å². The van der Waals surface area contributed by atoms with Crippen molar-refractivity contribution in [3.8, 4) is 11.6 Å².